The number of aryl methyl sites for hydroxylation is 1. The molecule has 3 aromatic rings. The lowest BCUT2D eigenvalue weighted by Gasteiger charge is -2.18. The lowest BCUT2D eigenvalue weighted by molar-refractivity contribution is 0.0502. The lowest BCUT2D eigenvalue weighted by atomic mass is 10.1. The first-order chi connectivity index (χ1) is 11.2. The summed E-state index contributed by atoms with van der Waals surface area (Å²) in [6, 6.07) is 11.5. The number of aromatic nitrogens is 2. The number of nitrogens with zero attached hydrogens (tertiary/aromatic N) is 2. The van der Waals surface area contributed by atoms with E-state index < -0.39 is 12.2 Å². The minimum absolute atomic E-state index is 0.422. The molecule has 2 atom stereocenters. The van der Waals surface area contributed by atoms with E-state index in [1.54, 1.807) is 17.5 Å². The maximum Gasteiger partial charge on any atom is 0.180 e. The first-order valence-corrected chi connectivity index (χ1v) is 7.54. The Morgan fingerprint density at radius 3 is 2.96 bits per heavy atom. The molecule has 116 valence electrons. The van der Waals surface area contributed by atoms with Gasteiger partial charge in [0.2, 0.25) is 0 Å². The number of carbonyl (C=O) groups is 1. The number of carbonyl (C=O) groups excluding carboxylic acids is 1. The Labute approximate surface area is 133 Å². The molecule has 1 N–H and O–H groups in total. The van der Waals surface area contributed by atoms with Gasteiger partial charge in [0.25, 0.3) is 0 Å². The number of rotatable bonds is 3. The van der Waals surface area contributed by atoms with Crippen molar-refractivity contribution in [2.24, 2.45) is 0 Å². The average Bonchev–Trinajstić information content (AvgIpc) is 3.04. The van der Waals surface area contributed by atoms with Gasteiger partial charge in [0, 0.05) is 12.6 Å². The van der Waals surface area contributed by atoms with Crippen molar-refractivity contribution in [1.29, 1.82) is 0 Å². The van der Waals surface area contributed by atoms with Crippen LogP contribution in [0.15, 0.2) is 42.6 Å². The number of ether oxygens (including phenoxy) is 1. The number of hydrogen-bond acceptors (Lipinski definition) is 4. The van der Waals surface area contributed by atoms with Gasteiger partial charge in [-0.2, -0.15) is 0 Å². The van der Waals surface area contributed by atoms with Crippen LogP contribution < -0.4 is 4.74 Å². The minimum Gasteiger partial charge on any atom is -0.479 e. The van der Waals surface area contributed by atoms with Gasteiger partial charge in [-0.05, 0) is 30.2 Å². The second-order valence-electron chi connectivity index (χ2n) is 5.78. The van der Waals surface area contributed by atoms with Gasteiger partial charge in [-0.3, -0.25) is 9.20 Å². The van der Waals surface area contributed by atoms with Crippen molar-refractivity contribution in [3.8, 4) is 5.75 Å². The molecule has 0 unspecified atom stereocenters. The maximum absolute atomic E-state index is 11.2. The largest absolute Gasteiger partial charge is 0.479 e. The van der Waals surface area contributed by atoms with E-state index in [1.807, 2.05) is 36.4 Å². The van der Waals surface area contributed by atoms with Gasteiger partial charge in [-0.25, -0.2) is 4.98 Å². The number of hydrogen-bond donors (Lipinski definition) is 1. The van der Waals surface area contributed by atoms with E-state index in [0.717, 1.165) is 17.4 Å². The number of aliphatic hydroxyl groups is 1. The fourth-order valence-electron chi connectivity index (χ4n) is 3.22. The van der Waals surface area contributed by atoms with E-state index in [-0.39, 0.29) is 0 Å². The number of imidazole rings is 1. The van der Waals surface area contributed by atoms with Crippen molar-refractivity contribution in [2.75, 3.05) is 0 Å². The third-order valence-corrected chi connectivity index (χ3v) is 4.34. The van der Waals surface area contributed by atoms with Crippen molar-refractivity contribution in [1.82, 2.24) is 9.38 Å². The van der Waals surface area contributed by atoms with Gasteiger partial charge < -0.3 is 9.84 Å². The molecule has 1 aliphatic rings. The lowest BCUT2D eigenvalue weighted by Crippen LogP contribution is -2.19. The summed E-state index contributed by atoms with van der Waals surface area (Å²) in [5.74, 6) is 0.560. The Kier molecular flexibility index (Phi) is 3.16. The van der Waals surface area contributed by atoms with E-state index in [4.69, 9.17) is 4.74 Å². The number of fused-ring (bicyclic) bond motifs is 2. The summed E-state index contributed by atoms with van der Waals surface area (Å²) in [5, 5.41) is 10.3. The van der Waals surface area contributed by atoms with Crippen LogP contribution in [-0.4, -0.2) is 26.9 Å². The first-order valence-electron chi connectivity index (χ1n) is 7.54. The molecule has 0 saturated heterocycles. The normalized spacial score (nSPS) is 19.7. The Hall–Kier alpha value is -2.66. The molecule has 5 nitrogen and oxygen atoms in total. The molecule has 0 radical (unpaired) electrons. The number of aliphatic hydroxyl groups excluding tert-OH is 1. The van der Waals surface area contributed by atoms with Gasteiger partial charge in [0.1, 0.15) is 5.69 Å². The molecule has 1 aliphatic carbocycles. The fourth-order valence-corrected chi connectivity index (χ4v) is 3.22. The standard InChI is InChI=1S/C18H16N2O3/c1-11-14(10-21)20-8-4-7-16(18(20)19-11)23-17-13-6-3-2-5-12(13)9-15(17)22/h2-8,10,15,17,22H,9H2,1H3/t15-,17-/m0/s1. The number of pyridine rings is 1. The van der Waals surface area contributed by atoms with Gasteiger partial charge in [0.15, 0.2) is 23.8 Å². The van der Waals surface area contributed by atoms with Crippen LogP contribution >= 0.6 is 0 Å². The Bertz CT molecular complexity index is 900. The smallest absolute Gasteiger partial charge is 0.180 e. The molecule has 0 saturated carbocycles. The zero-order chi connectivity index (χ0) is 16.0. The minimum atomic E-state index is -0.589. The zero-order valence-corrected chi connectivity index (χ0v) is 12.6. The Morgan fingerprint density at radius 1 is 1.30 bits per heavy atom. The summed E-state index contributed by atoms with van der Waals surface area (Å²) in [6.45, 7) is 1.79. The van der Waals surface area contributed by atoms with Gasteiger partial charge in [-0.1, -0.05) is 24.3 Å². The molecule has 1 aromatic carbocycles. The molecular weight excluding hydrogens is 292 g/mol. The molecule has 0 fully saturated rings. The van der Waals surface area contributed by atoms with Crippen LogP contribution in [0.4, 0.5) is 0 Å². The van der Waals surface area contributed by atoms with Crippen LogP contribution in [0.3, 0.4) is 0 Å². The molecule has 0 bridgehead atoms. The number of aldehydes is 1. The van der Waals surface area contributed by atoms with E-state index in [9.17, 15) is 9.90 Å². The van der Waals surface area contributed by atoms with Crippen LogP contribution in [-0.2, 0) is 6.42 Å². The Morgan fingerprint density at radius 2 is 2.13 bits per heavy atom. The van der Waals surface area contributed by atoms with Crippen LogP contribution in [0.25, 0.3) is 5.65 Å². The van der Waals surface area contributed by atoms with Crippen molar-refractivity contribution in [3.05, 3.63) is 65.1 Å². The highest BCUT2D eigenvalue weighted by Crippen LogP contribution is 2.36. The van der Waals surface area contributed by atoms with E-state index >= 15 is 0 Å². The van der Waals surface area contributed by atoms with Crippen molar-refractivity contribution >= 4 is 11.9 Å². The molecule has 2 heterocycles. The summed E-state index contributed by atoms with van der Waals surface area (Å²) in [4.78, 5) is 15.7. The van der Waals surface area contributed by atoms with Gasteiger partial charge >= 0.3 is 0 Å². The summed E-state index contributed by atoms with van der Waals surface area (Å²) in [5.41, 5.74) is 3.86. The molecule has 0 aliphatic heterocycles. The second-order valence-corrected chi connectivity index (χ2v) is 5.78. The molecule has 4 rings (SSSR count). The molecule has 0 spiro atoms. The monoisotopic (exact) mass is 308 g/mol. The van der Waals surface area contributed by atoms with Crippen LogP contribution in [0.5, 0.6) is 5.75 Å². The fraction of sp³-hybridized carbons (Fsp3) is 0.222. The van der Waals surface area contributed by atoms with Crippen LogP contribution in [0.1, 0.15) is 33.4 Å². The van der Waals surface area contributed by atoms with Crippen molar-refractivity contribution < 1.29 is 14.6 Å². The summed E-state index contributed by atoms with van der Waals surface area (Å²) < 4.78 is 7.80. The first kappa shape index (κ1) is 14.0. The second kappa shape index (κ2) is 5.21. The SMILES string of the molecule is Cc1nc2c(O[C@H]3c4ccccc4C[C@@H]3O)cccn2c1C=O. The Balaban J connectivity index is 1.78. The van der Waals surface area contributed by atoms with E-state index in [2.05, 4.69) is 4.98 Å². The van der Waals surface area contributed by atoms with Crippen molar-refractivity contribution in [3.63, 3.8) is 0 Å². The van der Waals surface area contributed by atoms with E-state index in [0.29, 0.717) is 29.2 Å². The predicted octanol–water partition coefficient (Wildman–Crippen LogP) is 2.49. The van der Waals surface area contributed by atoms with Gasteiger partial charge in [0.05, 0.1) is 11.8 Å². The van der Waals surface area contributed by atoms with E-state index in [1.165, 1.54) is 0 Å². The predicted molar refractivity (Wildman–Crippen MR) is 84.8 cm³/mol. The topological polar surface area (TPSA) is 63.8 Å². The van der Waals surface area contributed by atoms with Crippen LogP contribution in [0, 0.1) is 6.92 Å². The quantitative estimate of drug-likeness (QED) is 0.755. The third-order valence-electron chi connectivity index (χ3n) is 4.34. The van der Waals surface area contributed by atoms with Gasteiger partial charge in [-0.15, -0.1) is 0 Å². The van der Waals surface area contributed by atoms with Crippen LogP contribution in [0.2, 0.25) is 0 Å². The third kappa shape index (κ3) is 2.12. The highest BCUT2D eigenvalue weighted by Gasteiger charge is 2.33. The summed E-state index contributed by atoms with van der Waals surface area (Å²) in [6.07, 6.45) is 2.14. The highest BCUT2D eigenvalue weighted by molar-refractivity contribution is 5.77. The summed E-state index contributed by atoms with van der Waals surface area (Å²) in [7, 11) is 0. The molecule has 0 amide bonds. The van der Waals surface area contributed by atoms with Crippen molar-refractivity contribution in [2.45, 2.75) is 25.6 Å². The molecular formula is C18H16N2O3. The summed E-state index contributed by atoms with van der Waals surface area (Å²) >= 11 is 0. The molecule has 2 aromatic heterocycles. The molecule has 5 heteroatoms. The highest BCUT2D eigenvalue weighted by atomic mass is 16.5. The zero-order valence-electron chi connectivity index (χ0n) is 12.6. The molecule has 23 heavy (non-hydrogen) atoms. The number of benzene rings is 1. The average molecular weight is 308 g/mol. The maximum atomic E-state index is 11.2.